The summed E-state index contributed by atoms with van der Waals surface area (Å²) in [4.78, 5) is 25.0. The summed E-state index contributed by atoms with van der Waals surface area (Å²) < 4.78 is 30.4. The van der Waals surface area contributed by atoms with Crippen LogP contribution in [-0.4, -0.2) is 32.5 Å². The molecule has 1 atom stereocenters. The van der Waals surface area contributed by atoms with Gasteiger partial charge in [-0.3, -0.25) is 9.52 Å². The lowest BCUT2D eigenvalue weighted by Crippen LogP contribution is -2.26. The number of rotatable bonds is 6. The molecule has 6 nitrogen and oxygen atoms in total. The molecule has 1 N–H and O–H groups in total. The van der Waals surface area contributed by atoms with Gasteiger partial charge in [0.15, 0.2) is 6.10 Å². The van der Waals surface area contributed by atoms with Gasteiger partial charge >= 0.3 is 5.97 Å². The number of Topliss-reactive ketones (excluding diaryl/α,β-unsaturated/α-hetero) is 1. The van der Waals surface area contributed by atoms with Gasteiger partial charge < -0.3 is 4.74 Å². The van der Waals surface area contributed by atoms with Gasteiger partial charge in [-0.15, -0.1) is 0 Å². The van der Waals surface area contributed by atoms with Crippen molar-refractivity contribution >= 4 is 27.5 Å². The lowest BCUT2D eigenvalue weighted by molar-refractivity contribution is 0.0319. The number of ketones is 1. The third-order valence-corrected chi connectivity index (χ3v) is 4.34. The number of anilines is 1. The molecule has 0 saturated carbocycles. The first-order chi connectivity index (χ1) is 12.1. The van der Waals surface area contributed by atoms with Crippen molar-refractivity contribution in [1.29, 1.82) is 0 Å². The van der Waals surface area contributed by atoms with Gasteiger partial charge in [-0.05, 0) is 44.5 Å². The molecule has 138 valence electrons. The molecule has 0 saturated heterocycles. The highest BCUT2D eigenvalue weighted by molar-refractivity contribution is 7.92. The fraction of sp³-hybridized carbons (Fsp3) is 0.263. The van der Waals surface area contributed by atoms with Gasteiger partial charge in [-0.25, -0.2) is 13.2 Å². The van der Waals surface area contributed by atoms with E-state index in [4.69, 9.17) is 4.74 Å². The molecule has 0 bridgehead atoms. The second-order valence-corrected chi connectivity index (χ2v) is 7.90. The standard InChI is InChI=1S/C19H21NO5S/c1-12-9-10-13(2)16(11-12)18(21)14(3)25-19(22)15-7-5-6-8-17(15)20-26(4,23)24/h5-11,14,20H,1-4H3/t14-/m0/s1. The first kappa shape index (κ1) is 19.7. The summed E-state index contributed by atoms with van der Waals surface area (Å²) in [5, 5.41) is 0. The summed E-state index contributed by atoms with van der Waals surface area (Å²) in [6.07, 6.45) is -0.0174. The van der Waals surface area contributed by atoms with Crippen LogP contribution in [0.25, 0.3) is 0 Å². The lowest BCUT2D eigenvalue weighted by atomic mass is 9.99. The molecule has 7 heteroatoms. The predicted octanol–water partition coefficient (Wildman–Crippen LogP) is 3.10. The maximum Gasteiger partial charge on any atom is 0.340 e. The van der Waals surface area contributed by atoms with Crippen molar-refractivity contribution in [3.8, 4) is 0 Å². The number of carbonyl (C=O) groups excluding carboxylic acids is 2. The summed E-state index contributed by atoms with van der Waals surface area (Å²) in [5.74, 6) is -1.09. The van der Waals surface area contributed by atoms with Crippen LogP contribution in [0.1, 0.15) is 38.8 Å². The van der Waals surface area contributed by atoms with E-state index in [2.05, 4.69) is 4.72 Å². The Morgan fingerprint density at radius 2 is 1.69 bits per heavy atom. The number of benzene rings is 2. The molecule has 0 aliphatic rings. The Hall–Kier alpha value is -2.67. The Bertz CT molecular complexity index is 950. The highest BCUT2D eigenvalue weighted by Gasteiger charge is 2.23. The fourth-order valence-corrected chi connectivity index (χ4v) is 3.03. The topological polar surface area (TPSA) is 89.5 Å². The normalized spacial score (nSPS) is 12.3. The van der Waals surface area contributed by atoms with Crippen LogP contribution >= 0.6 is 0 Å². The average Bonchev–Trinajstić information content (AvgIpc) is 2.55. The second kappa shape index (κ2) is 7.70. The quantitative estimate of drug-likeness (QED) is 0.619. The molecule has 0 spiro atoms. The van der Waals surface area contributed by atoms with E-state index >= 15 is 0 Å². The van der Waals surface area contributed by atoms with Crippen molar-refractivity contribution in [1.82, 2.24) is 0 Å². The minimum absolute atomic E-state index is 0.0403. The van der Waals surface area contributed by atoms with Gasteiger partial charge in [0.25, 0.3) is 0 Å². The minimum Gasteiger partial charge on any atom is -0.451 e. The van der Waals surface area contributed by atoms with Gasteiger partial charge in [0.1, 0.15) is 0 Å². The van der Waals surface area contributed by atoms with Crippen LogP contribution in [0.5, 0.6) is 0 Å². The fourth-order valence-electron chi connectivity index (χ4n) is 2.45. The molecule has 0 radical (unpaired) electrons. The molecule has 0 aliphatic heterocycles. The zero-order chi connectivity index (χ0) is 19.5. The third kappa shape index (κ3) is 4.92. The Labute approximate surface area is 153 Å². The number of sulfonamides is 1. The largest absolute Gasteiger partial charge is 0.451 e. The van der Waals surface area contributed by atoms with E-state index in [1.807, 2.05) is 26.0 Å². The number of esters is 1. The highest BCUT2D eigenvalue weighted by Crippen LogP contribution is 2.20. The zero-order valence-electron chi connectivity index (χ0n) is 15.1. The first-order valence-electron chi connectivity index (χ1n) is 7.98. The van der Waals surface area contributed by atoms with Crippen molar-refractivity contribution < 1.29 is 22.7 Å². The third-order valence-electron chi connectivity index (χ3n) is 3.75. The van der Waals surface area contributed by atoms with Crippen LogP contribution in [0, 0.1) is 13.8 Å². The SMILES string of the molecule is Cc1ccc(C)c(C(=O)[C@H](C)OC(=O)c2ccccc2NS(C)(=O)=O)c1. The maximum absolute atomic E-state index is 12.6. The summed E-state index contributed by atoms with van der Waals surface area (Å²) in [6.45, 7) is 5.18. The van der Waals surface area contributed by atoms with Gasteiger partial charge in [-0.2, -0.15) is 0 Å². The lowest BCUT2D eigenvalue weighted by Gasteiger charge is -2.16. The first-order valence-corrected chi connectivity index (χ1v) is 9.87. The number of hydrogen-bond acceptors (Lipinski definition) is 5. The number of aryl methyl sites for hydroxylation is 2. The number of carbonyl (C=O) groups is 2. The van der Waals surface area contributed by atoms with E-state index in [-0.39, 0.29) is 17.0 Å². The molecule has 0 fully saturated rings. The molecule has 26 heavy (non-hydrogen) atoms. The van der Waals surface area contributed by atoms with Crippen LogP contribution in [0.2, 0.25) is 0 Å². The van der Waals surface area contributed by atoms with E-state index in [1.54, 1.807) is 18.2 Å². The Morgan fingerprint density at radius 1 is 1.04 bits per heavy atom. The summed E-state index contributed by atoms with van der Waals surface area (Å²) in [5.41, 5.74) is 2.36. The number of hydrogen-bond donors (Lipinski definition) is 1. The Kier molecular flexibility index (Phi) is 5.82. The van der Waals surface area contributed by atoms with E-state index in [0.717, 1.165) is 17.4 Å². The Balaban J connectivity index is 2.22. The summed E-state index contributed by atoms with van der Waals surface area (Å²) in [7, 11) is -3.56. The van der Waals surface area contributed by atoms with E-state index in [0.29, 0.717) is 5.56 Å². The molecule has 0 aromatic heterocycles. The molecule has 0 heterocycles. The molecule has 2 rings (SSSR count). The van der Waals surface area contributed by atoms with Crippen molar-refractivity contribution in [2.45, 2.75) is 26.9 Å². The highest BCUT2D eigenvalue weighted by atomic mass is 32.2. The maximum atomic E-state index is 12.6. The predicted molar refractivity (Wildman–Crippen MR) is 100 cm³/mol. The van der Waals surface area contributed by atoms with Crippen molar-refractivity contribution in [2.24, 2.45) is 0 Å². The van der Waals surface area contributed by atoms with E-state index < -0.39 is 22.1 Å². The molecule has 0 amide bonds. The molecule has 2 aromatic rings. The van der Waals surface area contributed by atoms with Gasteiger partial charge in [0, 0.05) is 5.56 Å². The monoisotopic (exact) mass is 375 g/mol. The van der Waals surface area contributed by atoms with Crippen LogP contribution in [0.3, 0.4) is 0 Å². The van der Waals surface area contributed by atoms with Crippen LogP contribution in [0.4, 0.5) is 5.69 Å². The smallest absolute Gasteiger partial charge is 0.340 e. The summed E-state index contributed by atoms with van der Waals surface area (Å²) in [6, 6.07) is 11.6. The number of nitrogens with one attached hydrogen (secondary N) is 1. The molecular formula is C19H21NO5S. The summed E-state index contributed by atoms with van der Waals surface area (Å²) >= 11 is 0. The van der Waals surface area contributed by atoms with Crippen LogP contribution in [0.15, 0.2) is 42.5 Å². The zero-order valence-corrected chi connectivity index (χ0v) is 15.9. The Morgan fingerprint density at radius 3 is 2.35 bits per heavy atom. The van der Waals surface area contributed by atoms with Crippen LogP contribution < -0.4 is 4.72 Å². The van der Waals surface area contributed by atoms with Crippen molar-refractivity contribution in [3.63, 3.8) is 0 Å². The molecular weight excluding hydrogens is 354 g/mol. The van der Waals surface area contributed by atoms with Gasteiger partial charge in [-0.1, -0.05) is 29.8 Å². The molecule has 0 aliphatic carbocycles. The van der Waals surface area contributed by atoms with Crippen LogP contribution in [-0.2, 0) is 14.8 Å². The average molecular weight is 375 g/mol. The van der Waals surface area contributed by atoms with E-state index in [1.165, 1.54) is 19.1 Å². The van der Waals surface area contributed by atoms with Crippen molar-refractivity contribution in [3.05, 3.63) is 64.7 Å². The van der Waals surface area contributed by atoms with Gasteiger partial charge in [0.2, 0.25) is 15.8 Å². The number of ether oxygens (including phenoxy) is 1. The minimum atomic E-state index is -3.56. The van der Waals surface area contributed by atoms with Crippen molar-refractivity contribution in [2.75, 3.05) is 11.0 Å². The van der Waals surface area contributed by atoms with Gasteiger partial charge in [0.05, 0.1) is 17.5 Å². The molecule has 2 aromatic carbocycles. The second-order valence-electron chi connectivity index (χ2n) is 6.15. The molecule has 0 unspecified atom stereocenters. The number of para-hydroxylation sites is 1. The van der Waals surface area contributed by atoms with E-state index in [9.17, 15) is 18.0 Å².